The number of benzene rings is 1. The molecule has 0 radical (unpaired) electrons. The summed E-state index contributed by atoms with van der Waals surface area (Å²) in [5.74, 6) is -0.420. The Morgan fingerprint density at radius 3 is 2.73 bits per heavy atom. The maximum absolute atomic E-state index is 13.3. The van der Waals surface area contributed by atoms with Gasteiger partial charge < -0.3 is 19.7 Å². The van der Waals surface area contributed by atoms with Gasteiger partial charge in [0, 0.05) is 20.0 Å². The van der Waals surface area contributed by atoms with Gasteiger partial charge in [0.15, 0.2) is 11.6 Å². The summed E-state index contributed by atoms with van der Waals surface area (Å²) in [6.07, 6.45) is -0.379. The molecule has 0 saturated carbocycles. The molecule has 0 aliphatic carbocycles. The number of alkyl carbamates (subject to hydrolysis) is 1. The van der Waals surface area contributed by atoms with E-state index in [1.807, 2.05) is 0 Å². The molecule has 0 spiro atoms. The Balaban J connectivity index is 2.21. The molecule has 1 aromatic rings. The van der Waals surface area contributed by atoms with Crippen LogP contribution in [0, 0.1) is 5.82 Å². The summed E-state index contributed by atoms with van der Waals surface area (Å²) in [5.41, 5.74) is 0. The van der Waals surface area contributed by atoms with Gasteiger partial charge in [0.25, 0.3) is 0 Å². The number of halogens is 1. The van der Waals surface area contributed by atoms with Crippen LogP contribution in [0.15, 0.2) is 24.3 Å². The maximum atomic E-state index is 13.3. The number of likely N-dealkylation sites (N-methyl/N-ethyl adjacent to an activating group) is 1. The minimum atomic E-state index is -0.541. The first-order chi connectivity index (χ1) is 10.5. The fraction of sp³-hybridized carbons (Fsp3) is 0.467. The van der Waals surface area contributed by atoms with Crippen LogP contribution in [-0.2, 0) is 9.53 Å². The highest BCUT2D eigenvalue weighted by atomic mass is 19.1. The normalized spacial score (nSPS) is 9.95. The molecule has 1 N–H and O–H groups in total. The minimum Gasteiger partial charge on any atom is -0.489 e. The summed E-state index contributed by atoms with van der Waals surface area (Å²) in [6.45, 7) is 2.71. The van der Waals surface area contributed by atoms with E-state index < -0.39 is 11.9 Å². The van der Waals surface area contributed by atoms with Crippen LogP contribution in [0.25, 0.3) is 0 Å². The van der Waals surface area contributed by atoms with Gasteiger partial charge in [-0.25, -0.2) is 9.18 Å². The maximum Gasteiger partial charge on any atom is 0.407 e. The highest BCUT2D eigenvalue weighted by molar-refractivity contribution is 5.76. The molecule has 0 unspecified atom stereocenters. The summed E-state index contributed by atoms with van der Waals surface area (Å²) in [5, 5.41) is 2.47. The van der Waals surface area contributed by atoms with Gasteiger partial charge in [-0.05, 0) is 19.1 Å². The molecule has 0 fully saturated rings. The number of carbonyl (C=O) groups excluding carboxylic acids is 2. The van der Waals surface area contributed by atoms with Crippen molar-refractivity contribution in [3.63, 3.8) is 0 Å². The summed E-state index contributed by atoms with van der Waals surface area (Å²) >= 11 is 0. The van der Waals surface area contributed by atoms with E-state index in [0.717, 1.165) is 0 Å². The Morgan fingerprint density at radius 2 is 2.05 bits per heavy atom. The molecule has 0 aromatic heterocycles. The Kier molecular flexibility index (Phi) is 7.74. The van der Waals surface area contributed by atoms with Crippen molar-refractivity contribution in [2.24, 2.45) is 0 Å². The number of nitrogens with one attached hydrogen (secondary N) is 1. The number of hydrogen-bond acceptors (Lipinski definition) is 4. The van der Waals surface area contributed by atoms with Gasteiger partial charge >= 0.3 is 6.09 Å². The predicted octanol–water partition coefficient (Wildman–Crippen LogP) is 1.80. The SMILES string of the molecule is CCOC(=O)NCCC(=O)N(C)CCOc1ccccc1F. The molecule has 22 heavy (non-hydrogen) atoms. The number of rotatable bonds is 8. The first-order valence-corrected chi connectivity index (χ1v) is 7.06. The third kappa shape index (κ3) is 6.43. The van der Waals surface area contributed by atoms with E-state index in [0.29, 0.717) is 6.54 Å². The van der Waals surface area contributed by atoms with E-state index in [1.165, 1.54) is 17.0 Å². The van der Waals surface area contributed by atoms with Gasteiger partial charge in [-0.3, -0.25) is 4.79 Å². The Hall–Kier alpha value is -2.31. The second-order valence-electron chi connectivity index (χ2n) is 4.49. The summed E-state index contributed by atoms with van der Waals surface area (Å²) in [4.78, 5) is 24.3. The number of nitrogens with zero attached hydrogens (tertiary/aromatic N) is 1. The fourth-order valence-corrected chi connectivity index (χ4v) is 1.62. The summed E-state index contributed by atoms with van der Waals surface area (Å²) in [7, 11) is 1.62. The number of carbonyl (C=O) groups is 2. The van der Waals surface area contributed by atoms with Crippen LogP contribution in [0.1, 0.15) is 13.3 Å². The molecular formula is C15H21FN2O4. The quantitative estimate of drug-likeness (QED) is 0.795. The fourth-order valence-electron chi connectivity index (χ4n) is 1.62. The lowest BCUT2D eigenvalue weighted by Gasteiger charge is -2.17. The van der Waals surface area contributed by atoms with Crippen molar-refractivity contribution in [2.45, 2.75) is 13.3 Å². The molecule has 6 nitrogen and oxygen atoms in total. The third-order valence-corrected chi connectivity index (χ3v) is 2.83. The zero-order valence-corrected chi connectivity index (χ0v) is 12.8. The molecule has 0 aliphatic heterocycles. The Labute approximate surface area is 129 Å². The van der Waals surface area contributed by atoms with Gasteiger partial charge in [0.2, 0.25) is 5.91 Å². The van der Waals surface area contributed by atoms with Crippen molar-refractivity contribution in [1.29, 1.82) is 0 Å². The average molecular weight is 312 g/mol. The molecule has 0 atom stereocenters. The Bertz CT molecular complexity index is 496. The molecular weight excluding hydrogens is 291 g/mol. The van der Waals surface area contributed by atoms with Gasteiger partial charge in [-0.15, -0.1) is 0 Å². The molecule has 122 valence electrons. The first-order valence-electron chi connectivity index (χ1n) is 7.06. The van der Waals surface area contributed by atoms with Gasteiger partial charge in [0.05, 0.1) is 13.2 Å². The van der Waals surface area contributed by atoms with Crippen molar-refractivity contribution >= 4 is 12.0 Å². The van der Waals surface area contributed by atoms with E-state index in [1.54, 1.807) is 26.1 Å². The van der Waals surface area contributed by atoms with E-state index in [2.05, 4.69) is 10.1 Å². The van der Waals surface area contributed by atoms with E-state index in [9.17, 15) is 14.0 Å². The summed E-state index contributed by atoms with van der Waals surface area (Å²) in [6, 6.07) is 6.09. The Morgan fingerprint density at radius 1 is 1.32 bits per heavy atom. The van der Waals surface area contributed by atoms with Crippen molar-refractivity contribution in [3.8, 4) is 5.75 Å². The molecule has 1 aromatic carbocycles. The van der Waals surface area contributed by atoms with Crippen LogP contribution in [-0.4, -0.2) is 50.3 Å². The van der Waals surface area contributed by atoms with Gasteiger partial charge in [-0.2, -0.15) is 0 Å². The molecule has 0 heterocycles. The predicted molar refractivity (Wildman–Crippen MR) is 79.2 cm³/mol. The largest absolute Gasteiger partial charge is 0.489 e. The smallest absolute Gasteiger partial charge is 0.407 e. The second-order valence-corrected chi connectivity index (χ2v) is 4.49. The highest BCUT2D eigenvalue weighted by Gasteiger charge is 2.10. The van der Waals surface area contributed by atoms with E-state index in [-0.39, 0.29) is 37.8 Å². The lowest BCUT2D eigenvalue weighted by molar-refractivity contribution is -0.130. The number of para-hydroxylation sites is 1. The zero-order chi connectivity index (χ0) is 16.4. The van der Waals surface area contributed by atoms with Gasteiger partial charge in [0.1, 0.15) is 6.61 Å². The van der Waals surface area contributed by atoms with Crippen LogP contribution in [0.2, 0.25) is 0 Å². The van der Waals surface area contributed by atoms with E-state index >= 15 is 0 Å². The second kappa shape index (κ2) is 9.59. The van der Waals surface area contributed by atoms with Crippen LogP contribution < -0.4 is 10.1 Å². The number of ether oxygens (including phenoxy) is 2. The molecule has 1 rings (SSSR count). The van der Waals surface area contributed by atoms with E-state index in [4.69, 9.17) is 4.74 Å². The zero-order valence-electron chi connectivity index (χ0n) is 12.8. The average Bonchev–Trinajstić information content (AvgIpc) is 2.49. The minimum absolute atomic E-state index is 0.145. The lowest BCUT2D eigenvalue weighted by Crippen LogP contribution is -2.34. The van der Waals surface area contributed by atoms with Crippen molar-refractivity contribution in [1.82, 2.24) is 10.2 Å². The monoisotopic (exact) mass is 312 g/mol. The molecule has 2 amide bonds. The lowest BCUT2D eigenvalue weighted by atomic mass is 10.3. The number of hydrogen-bond donors (Lipinski definition) is 1. The first kappa shape index (κ1) is 17.7. The van der Waals surface area contributed by atoms with Crippen molar-refractivity contribution < 1.29 is 23.5 Å². The molecule has 0 saturated heterocycles. The third-order valence-electron chi connectivity index (χ3n) is 2.83. The van der Waals surface area contributed by atoms with Crippen LogP contribution >= 0.6 is 0 Å². The van der Waals surface area contributed by atoms with Crippen molar-refractivity contribution in [3.05, 3.63) is 30.1 Å². The molecule has 0 bridgehead atoms. The van der Waals surface area contributed by atoms with Crippen LogP contribution in [0.4, 0.5) is 9.18 Å². The van der Waals surface area contributed by atoms with Crippen LogP contribution in [0.5, 0.6) is 5.75 Å². The molecule has 0 aliphatic rings. The molecule has 7 heteroatoms. The van der Waals surface area contributed by atoms with Crippen molar-refractivity contribution in [2.75, 3.05) is 33.4 Å². The topological polar surface area (TPSA) is 67.9 Å². The summed E-state index contributed by atoms with van der Waals surface area (Å²) < 4.78 is 23.3. The van der Waals surface area contributed by atoms with Crippen LogP contribution in [0.3, 0.4) is 0 Å². The standard InChI is InChI=1S/C15H21FN2O4/c1-3-21-15(20)17-9-8-14(19)18(2)10-11-22-13-7-5-4-6-12(13)16/h4-7H,3,8-11H2,1-2H3,(H,17,20). The highest BCUT2D eigenvalue weighted by Crippen LogP contribution is 2.14. The van der Waals surface area contributed by atoms with Gasteiger partial charge in [-0.1, -0.05) is 12.1 Å². The number of amides is 2.